The van der Waals surface area contributed by atoms with Gasteiger partial charge in [-0.2, -0.15) is 87.8 Å². The van der Waals surface area contributed by atoms with Gasteiger partial charge >= 0.3 is 79.0 Å². The molecule has 19 atom stereocenters. The summed E-state index contributed by atoms with van der Waals surface area (Å²) in [7, 11) is 1.41. The molecule has 0 radical (unpaired) electrons. The Bertz CT molecular complexity index is 3170. The van der Waals surface area contributed by atoms with Gasteiger partial charge in [0.2, 0.25) is 5.60 Å². The second kappa shape index (κ2) is 43.1. The first-order valence-electron chi connectivity index (χ1n) is 38.2. The first kappa shape index (κ1) is 114. The molecular formula is C74H114F24O21. The van der Waals surface area contributed by atoms with Crippen molar-refractivity contribution in [3.05, 3.63) is 0 Å². The van der Waals surface area contributed by atoms with Crippen LogP contribution < -0.4 is 0 Å². The highest BCUT2D eigenvalue weighted by molar-refractivity contribution is 5.74. The molecule has 0 aromatic heterocycles. The Labute approximate surface area is 673 Å². The predicted molar refractivity (Wildman–Crippen MR) is 369 cm³/mol. The van der Waals surface area contributed by atoms with E-state index in [1.807, 2.05) is 34.6 Å². The molecule has 21 nitrogen and oxygen atoms in total. The highest BCUT2D eigenvalue weighted by Crippen LogP contribution is 2.64. The summed E-state index contributed by atoms with van der Waals surface area (Å²) in [5.74, 6) is -15.7. The third-order valence-electron chi connectivity index (χ3n) is 21.8. The van der Waals surface area contributed by atoms with Crippen LogP contribution in [0.25, 0.3) is 0 Å². The summed E-state index contributed by atoms with van der Waals surface area (Å²) in [5.41, 5.74) is -21.6. The van der Waals surface area contributed by atoms with Gasteiger partial charge in [0.1, 0.15) is 35.1 Å². The van der Waals surface area contributed by atoms with Crippen LogP contribution in [0.5, 0.6) is 0 Å². The number of carbonyl (C=O) groups excluding carboxylic acids is 6. The van der Waals surface area contributed by atoms with E-state index in [0.717, 1.165) is 45.4 Å². The summed E-state index contributed by atoms with van der Waals surface area (Å²) < 4.78 is 346. The van der Waals surface area contributed by atoms with E-state index in [9.17, 15) is 160 Å². The van der Waals surface area contributed by atoms with Gasteiger partial charge in [0.25, 0.3) is 29.3 Å². The Morgan fingerprint density at radius 1 is 0.504 bits per heavy atom. The molecule has 4 saturated carbocycles. The second-order valence-corrected chi connectivity index (χ2v) is 32.0. The van der Waals surface area contributed by atoms with Crippen LogP contribution >= 0.6 is 0 Å². The van der Waals surface area contributed by atoms with Crippen LogP contribution in [-0.2, 0) is 71.4 Å². The van der Waals surface area contributed by atoms with Crippen molar-refractivity contribution in [2.75, 3.05) is 27.1 Å². The minimum atomic E-state index is -5.91. The maximum absolute atomic E-state index is 13.6. The monoisotopic (exact) mass is 1790 g/mol. The fraction of sp³-hybridized carbons (Fsp3) is 0.919. The molecule has 45 heteroatoms. The van der Waals surface area contributed by atoms with Crippen molar-refractivity contribution in [1.82, 2.24) is 0 Å². The van der Waals surface area contributed by atoms with Crippen LogP contribution in [0.2, 0.25) is 0 Å². The number of carbonyl (C=O) groups is 6. The average molecular weight is 1800 g/mol. The average Bonchev–Trinajstić information content (AvgIpc) is 1.66. The Kier molecular flexibility index (Phi) is 41.2. The number of esters is 6. The minimum absolute atomic E-state index is 0.0347. The molecule has 6 fully saturated rings. The SMILES string of the molecule is CCC(C)C(=O)OC.CCC(C)C(=O)OC(C)CC(O)(C(F)(F)F)C(F)(F)F.CCC(C)C(=O)OC(CC(C)(O)C(F)F)C(F)(F)F.CCC(C)C(=O)OC1(C)COC(O)(C(F)(F)F)C1.CCC(C)C(=O)OC12CCCCC1CC(C)(O)C2.CCC(C)C(=O)OCC1(C)OCOC(F)(F)C1(O)C(F)(F)F.OC1(C(F)(F)F)C2CCC(C2)C1(F)F. The van der Waals surface area contributed by atoms with Gasteiger partial charge in [-0.3, -0.25) is 33.5 Å². The van der Waals surface area contributed by atoms with Crippen molar-refractivity contribution in [3.63, 3.8) is 0 Å². The third-order valence-corrected chi connectivity index (χ3v) is 21.8. The topological polar surface area (TPSA) is 307 Å². The fourth-order valence-electron chi connectivity index (χ4n) is 12.7. The van der Waals surface area contributed by atoms with Crippen molar-refractivity contribution < 1.29 is 207 Å². The van der Waals surface area contributed by atoms with Gasteiger partial charge < -0.3 is 68.5 Å². The molecule has 6 N–H and O–H groups in total. The van der Waals surface area contributed by atoms with E-state index in [0.29, 0.717) is 45.4 Å². The molecule has 2 saturated heterocycles. The molecule has 2 aliphatic heterocycles. The Morgan fingerprint density at radius 2 is 0.933 bits per heavy atom. The van der Waals surface area contributed by atoms with E-state index in [2.05, 4.69) is 33.2 Å². The van der Waals surface area contributed by atoms with Crippen LogP contribution in [0.15, 0.2) is 0 Å². The second-order valence-electron chi connectivity index (χ2n) is 32.0. The first-order chi connectivity index (χ1) is 53.3. The molecule has 19 unspecified atom stereocenters. The van der Waals surface area contributed by atoms with Gasteiger partial charge in [-0.25, -0.2) is 17.6 Å². The number of hydrogen-bond acceptors (Lipinski definition) is 21. The van der Waals surface area contributed by atoms with Crippen molar-refractivity contribution >= 4 is 35.8 Å². The largest absolute Gasteiger partial charge is 0.469 e. The Balaban J connectivity index is 0.00000138. The molecule has 704 valence electrons. The number of aliphatic hydroxyl groups is 6. The third kappa shape index (κ3) is 29.2. The van der Waals surface area contributed by atoms with Gasteiger partial charge in [0.05, 0.1) is 61.2 Å². The lowest BCUT2D eigenvalue weighted by molar-refractivity contribution is -0.493. The van der Waals surface area contributed by atoms with Crippen molar-refractivity contribution in [3.8, 4) is 0 Å². The van der Waals surface area contributed by atoms with E-state index < -0.39 is 211 Å². The summed E-state index contributed by atoms with van der Waals surface area (Å²) in [4.78, 5) is 68.3. The lowest BCUT2D eigenvalue weighted by Crippen LogP contribution is -2.76. The van der Waals surface area contributed by atoms with Crippen LogP contribution in [0.1, 0.15) is 233 Å². The molecule has 2 bridgehead atoms. The fourth-order valence-corrected chi connectivity index (χ4v) is 12.7. The number of fused-ring (bicyclic) bond motifs is 3. The van der Waals surface area contributed by atoms with E-state index >= 15 is 0 Å². The van der Waals surface area contributed by atoms with E-state index in [4.69, 9.17) is 14.6 Å². The summed E-state index contributed by atoms with van der Waals surface area (Å²) in [6.45, 7) is 22.5. The summed E-state index contributed by atoms with van der Waals surface area (Å²) in [6, 6.07) is 0. The lowest BCUT2D eigenvalue weighted by atomic mass is 9.77. The maximum Gasteiger partial charge on any atom is 0.443 e. The van der Waals surface area contributed by atoms with Crippen LogP contribution in [0.4, 0.5) is 105 Å². The summed E-state index contributed by atoms with van der Waals surface area (Å²) in [6.07, 6.45) is -40.9. The van der Waals surface area contributed by atoms with Crippen molar-refractivity contribution in [1.29, 1.82) is 0 Å². The smallest absolute Gasteiger partial charge is 0.443 e. The summed E-state index contributed by atoms with van der Waals surface area (Å²) in [5, 5.41) is 56.6. The zero-order chi connectivity index (χ0) is 94.1. The van der Waals surface area contributed by atoms with E-state index in [1.54, 1.807) is 34.6 Å². The van der Waals surface area contributed by atoms with Gasteiger partial charge in [-0.05, 0) is 118 Å². The zero-order valence-corrected chi connectivity index (χ0v) is 69.2. The first-order valence-corrected chi connectivity index (χ1v) is 38.2. The van der Waals surface area contributed by atoms with Gasteiger partial charge in [-0.15, -0.1) is 0 Å². The normalized spacial score (nSPS) is 29.7. The molecule has 6 rings (SSSR count). The van der Waals surface area contributed by atoms with E-state index in [-0.39, 0.29) is 55.1 Å². The maximum atomic E-state index is 13.6. The molecule has 0 aromatic rings. The molecule has 119 heavy (non-hydrogen) atoms. The minimum Gasteiger partial charge on any atom is -0.469 e. The van der Waals surface area contributed by atoms with Crippen LogP contribution in [0.3, 0.4) is 0 Å². The Hall–Kier alpha value is -5.22. The summed E-state index contributed by atoms with van der Waals surface area (Å²) >= 11 is 0. The van der Waals surface area contributed by atoms with Crippen LogP contribution in [0, 0.1) is 53.3 Å². The van der Waals surface area contributed by atoms with Gasteiger partial charge in [0, 0.05) is 37.0 Å². The number of hydrogen-bond donors (Lipinski definition) is 6. The number of halogens is 24. The lowest BCUT2D eigenvalue weighted by Gasteiger charge is -2.50. The predicted octanol–water partition coefficient (Wildman–Crippen LogP) is 17.0. The molecule has 2 heterocycles. The standard InChI is InChI=1S/C15H26O3.C12H17F5O5.C11H16F6O3.C11H17F5O3.C11H17F3O4.C8H9F5O.C6H12O2/c1-4-11(2)13(16)18-15-8-6-5-7-12(15)9-14(3,17)10-15;1-4-7(2)8(18)20-5-9(3)10(19,11(13,14)15)12(16,17)22-6-21-9;1-4-6(2)8(18)20-7(3)5-9(19,10(12,13)14)11(15,16)17;1-4-6(2)8(17)19-7(11(14,15)16)5-10(3,18)9(12)13;1-4-7(2)8(15)18-9(3)5-10(16,17-6-9)11(12,13)14;9-7(10)5-2-1-4(3-5)6(7,14)8(11,12)13;1-4-5(2)6(7)8-3/h11-12,17H,4-10H2,1-3H3;7,19H,4-6H2,1-3H3;6-7,19H,4-5H2,1-3H3;6-7,9,18H,4-5H2,1-3H3;7,16H,4-6H2,1-3H3;4-5,14H,1-3H2;5H,4H2,1-3H3. The highest BCUT2D eigenvalue weighted by atomic mass is 19.4. The molecule has 0 aromatic carbocycles. The van der Waals surface area contributed by atoms with Gasteiger partial charge in [0.15, 0.2) is 12.9 Å². The van der Waals surface area contributed by atoms with Crippen molar-refractivity contribution in [2.45, 2.75) is 352 Å². The van der Waals surface area contributed by atoms with Crippen molar-refractivity contribution in [2.24, 2.45) is 53.3 Å². The molecule has 6 aliphatic rings. The number of ether oxygens (including phenoxy) is 9. The van der Waals surface area contributed by atoms with Gasteiger partial charge in [-0.1, -0.05) is 89.5 Å². The number of methoxy groups -OCH3 is 1. The molecule has 0 spiro atoms. The zero-order valence-electron chi connectivity index (χ0n) is 69.2. The highest BCUT2D eigenvalue weighted by Gasteiger charge is 2.82. The molecule has 0 amide bonds. The number of alkyl halides is 24. The van der Waals surface area contributed by atoms with E-state index in [1.165, 1.54) is 41.2 Å². The Morgan fingerprint density at radius 3 is 1.30 bits per heavy atom. The quantitative estimate of drug-likeness (QED) is 0.0315. The number of rotatable bonds is 23. The van der Waals surface area contributed by atoms with Crippen LogP contribution in [-0.4, -0.2) is 212 Å². The molecule has 4 aliphatic carbocycles. The molecular weight excluding hydrogens is 1680 g/mol.